The average molecular weight is 198 g/mol. The predicted molar refractivity (Wildman–Crippen MR) is 61.4 cm³/mol. The third-order valence-corrected chi connectivity index (χ3v) is 3.60. The summed E-state index contributed by atoms with van der Waals surface area (Å²) < 4.78 is 5.84. The van der Waals surface area contributed by atoms with Crippen molar-refractivity contribution in [2.45, 2.75) is 65.4 Å². The molecule has 0 amide bonds. The van der Waals surface area contributed by atoms with E-state index in [4.69, 9.17) is 4.74 Å². The summed E-state index contributed by atoms with van der Waals surface area (Å²) in [7, 11) is 0. The van der Waals surface area contributed by atoms with Gasteiger partial charge in [0.1, 0.15) is 0 Å². The van der Waals surface area contributed by atoms with E-state index in [1.165, 1.54) is 38.5 Å². The van der Waals surface area contributed by atoms with Crippen LogP contribution in [0.2, 0.25) is 0 Å². The average Bonchev–Trinajstić information content (AvgIpc) is 2.11. The maximum absolute atomic E-state index is 5.84. The van der Waals surface area contributed by atoms with Crippen LogP contribution in [0.1, 0.15) is 59.3 Å². The smallest absolute Gasteiger partial charge is 0.0547 e. The van der Waals surface area contributed by atoms with Gasteiger partial charge in [0, 0.05) is 6.61 Å². The molecule has 1 fully saturated rings. The van der Waals surface area contributed by atoms with Crippen LogP contribution in [-0.2, 0) is 4.74 Å². The highest BCUT2D eigenvalue weighted by Gasteiger charge is 2.18. The molecular formula is C13H26O. The van der Waals surface area contributed by atoms with Crippen molar-refractivity contribution in [2.75, 3.05) is 6.61 Å². The van der Waals surface area contributed by atoms with Crippen LogP contribution in [0.3, 0.4) is 0 Å². The molecule has 0 spiro atoms. The third kappa shape index (κ3) is 4.45. The van der Waals surface area contributed by atoms with Gasteiger partial charge >= 0.3 is 0 Å². The first-order valence-electron chi connectivity index (χ1n) is 6.34. The summed E-state index contributed by atoms with van der Waals surface area (Å²) >= 11 is 0. The van der Waals surface area contributed by atoms with E-state index in [0.29, 0.717) is 6.10 Å². The topological polar surface area (TPSA) is 9.23 Å². The maximum Gasteiger partial charge on any atom is 0.0547 e. The molecule has 0 heterocycles. The minimum atomic E-state index is 0.476. The molecule has 0 aromatic carbocycles. The van der Waals surface area contributed by atoms with E-state index in [0.717, 1.165) is 18.4 Å². The molecule has 0 bridgehead atoms. The molecule has 0 saturated heterocycles. The number of hydrogen-bond acceptors (Lipinski definition) is 1. The zero-order valence-electron chi connectivity index (χ0n) is 10.1. The number of hydrogen-bond donors (Lipinski definition) is 0. The lowest BCUT2D eigenvalue weighted by Gasteiger charge is -2.27. The molecular weight excluding hydrogens is 172 g/mol. The Morgan fingerprint density at radius 2 is 1.93 bits per heavy atom. The lowest BCUT2D eigenvalue weighted by Crippen LogP contribution is -2.21. The van der Waals surface area contributed by atoms with Gasteiger partial charge in [0.15, 0.2) is 0 Å². The molecule has 0 aromatic rings. The van der Waals surface area contributed by atoms with E-state index in [1.54, 1.807) is 0 Å². The van der Waals surface area contributed by atoms with Crippen molar-refractivity contribution in [1.82, 2.24) is 0 Å². The lowest BCUT2D eigenvalue weighted by atomic mass is 9.86. The number of rotatable bonds is 7. The van der Waals surface area contributed by atoms with Crippen LogP contribution in [0.4, 0.5) is 0 Å². The van der Waals surface area contributed by atoms with Crippen molar-refractivity contribution in [3.63, 3.8) is 0 Å². The van der Waals surface area contributed by atoms with Gasteiger partial charge in [-0.2, -0.15) is 0 Å². The first-order chi connectivity index (χ1) is 6.72. The number of ether oxygens (including phenoxy) is 1. The maximum atomic E-state index is 5.84. The van der Waals surface area contributed by atoms with Gasteiger partial charge in [-0.1, -0.05) is 26.7 Å². The predicted octanol–water partition coefficient (Wildman–Crippen LogP) is 4.02. The quantitative estimate of drug-likeness (QED) is 0.600. The van der Waals surface area contributed by atoms with Gasteiger partial charge < -0.3 is 4.74 Å². The summed E-state index contributed by atoms with van der Waals surface area (Å²) in [5.41, 5.74) is 0. The molecule has 0 aromatic heterocycles. The fraction of sp³-hybridized carbons (Fsp3) is 1.00. The molecule has 14 heavy (non-hydrogen) atoms. The van der Waals surface area contributed by atoms with Gasteiger partial charge in [0.05, 0.1) is 6.10 Å². The Hall–Kier alpha value is -0.0400. The van der Waals surface area contributed by atoms with Gasteiger partial charge in [0.2, 0.25) is 0 Å². The molecule has 0 aliphatic heterocycles. The van der Waals surface area contributed by atoms with E-state index >= 15 is 0 Å². The highest BCUT2D eigenvalue weighted by atomic mass is 16.5. The van der Waals surface area contributed by atoms with Crippen LogP contribution >= 0.6 is 0 Å². The first kappa shape index (κ1) is 12.0. The minimum absolute atomic E-state index is 0.476. The Kier molecular flexibility index (Phi) is 5.54. The Bertz CT molecular complexity index is 131. The van der Waals surface area contributed by atoms with Crippen LogP contribution in [0.15, 0.2) is 0 Å². The lowest BCUT2D eigenvalue weighted by molar-refractivity contribution is 0.0135. The van der Waals surface area contributed by atoms with Crippen molar-refractivity contribution in [3.8, 4) is 0 Å². The van der Waals surface area contributed by atoms with Crippen LogP contribution in [0.5, 0.6) is 0 Å². The molecule has 2 unspecified atom stereocenters. The van der Waals surface area contributed by atoms with Crippen molar-refractivity contribution in [3.05, 3.63) is 0 Å². The standard InChI is InChI=1S/C13H26O/c1-4-11(2)8-9-12(3)14-10-13-6-5-7-13/h11-13H,4-10H2,1-3H3. The van der Waals surface area contributed by atoms with Crippen molar-refractivity contribution < 1.29 is 4.74 Å². The molecule has 1 nitrogen and oxygen atoms in total. The Morgan fingerprint density at radius 3 is 2.43 bits per heavy atom. The van der Waals surface area contributed by atoms with Crippen molar-refractivity contribution in [1.29, 1.82) is 0 Å². The summed E-state index contributed by atoms with van der Waals surface area (Å²) in [4.78, 5) is 0. The second kappa shape index (κ2) is 6.44. The van der Waals surface area contributed by atoms with Crippen LogP contribution in [-0.4, -0.2) is 12.7 Å². The van der Waals surface area contributed by atoms with Gasteiger partial charge in [-0.05, 0) is 44.4 Å². The molecule has 1 heteroatoms. The molecule has 2 atom stereocenters. The van der Waals surface area contributed by atoms with E-state index < -0.39 is 0 Å². The third-order valence-electron chi connectivity index (χ3n) is 3.60. The Labute approximate surface area is 89.2 Å². The fourth-order valence-electron chi connectivity index (χ4n) is 1.77. The summed E-state index contributed by atoms with van der Waals surface area (Å²) in [6.45, 7) is 7.84. The van der Waals surface area contributed by atoms with Crippen LogP contribution in [0, 0.1) is 11.8 Å². The second-order valence-corrected chi connectivity index (χ2v) is 5.03. The zero-order valence-corrected chi connectivity index (χ0v) is 10.1. The minimum Gasteiger partial charge on any atom is -0.378 e. The molecule has 0 radical (unpaired) electrons. The highest BCUT2D eigenvalue weighted by Crippen LogP contribution is 2.27. The molecule has 1 aliphatic carbocycles. The van der Waals surface area contributed by atoms with Gasteiger partial charge in [-0.3, -0.25) is 0 Å². The Morgan fingerprint density at radius 1 is 1.21 bits per heavy atom. The largest absolute Gasteiger partial charge is 0.378 e. The monoisotopic (exact) mass is 198 g/mol. The molecule has 0 N–H and O–H groups in total. The van der Waals surface area contributed by atoms with E-state index in [-0.39, 0.29) is 0 Å². The van der Waals surface area contributed by atoms with E-state index in [9.17, 15) is 0 Å². The van der Waals surface area contributed by atoms with Crippen molar-refractivity contribution >= 4 is 0 Å². The fourth-order valence-corrected chi connectivity index (χ4v) is 1.77. The SMILES string of the molecule is CCC(C)CCC(C)OCC1CCC1. The Balaban J connectivity index is 1.94. The van der Waals surface area contributed by atoms with E-state index in [1.807, 2.05) is 0 Å². The van der Waals surface area contributed by atoms with E-state index in [2.05, 4.69) is 20.8 Å². The van der Waals surface area contributed by atoms with Gasteiger partial charge in [0.25, 0.3) is 0 Å². The van der Waals surface area contributed by atoms with Crippen molar-refractivity contribution in [2.24, 2.45) is 11.8 Å². The highest BCUT2D eigenvalue weighted by molar-refractivity contribution is 4.69. The summed E-state index contributed by atoms with van der Waals surface area (Å²) in [5, 5.41) is 0. The molecule has 1 aliphatic rings. The molecule has 1 saturated carbocycles. The summed E-state index contributed by atoms with van der Waals surface area (Å²) in [6.07, 6.45) is 8.56. The first-order valence-corrected chi connectivity index (χ1v) is 6.34. The zero-order chi connectivity index (χ0) is 10.4. The van der Waals surface area contributed by atoms with Gasteiger partial charge in [-0.25, -0.2) is 0 Å². The molecule has 1 rings (SSSR count). The normalized spacial score (nSPS) is 21.6. The molecule has 84 valence electrons. The van der Waals surface area contributed by atoms with Crippen LogP contribution < -0.4 is 0 Å². The summed E-state index contributed by atoms with van der Waals surface area (Å²) in [5.74, 6) is 1.76. The van der Waals surface area contributed by atoms with Crippen LogP contribution in [0.25, 0.3) is 0 Å². The van der Waals surface area contributed by atoms with Gasteiger partial charge in [-0.15, -0.1) is 0 Å². The summed E-state index contributed by atoms with van der Waals surface area (Å²) in [6, 6.07) is 0. The second-order valence-electron chi connectivity index (χ2n) is 5.03.